The summed E-state index contributed by atoms with van der Waals surface area (Å²) in [6.45, 7) is 8.04. The van der Waals surface area contributed by atoms with Gasteiger partial charge in [0.25, 0.3) is 5.91 Å². The number of nitrogens with zero attached hydrogens (tertiary/aromatic N) is 2. The number of hydrogen-bond donors (Lipinski definition) is 2. The molecule has 2 rings (SSSR count). The van der Waals surface area contributed by atoms with E-state index in [-0.39, 0.29) is 17.9 Å². The fourth-order valence-electron chi connectivity index (χ4n) is 2.78. The summed E-state index contributed by atoms with van der Waals surface area (Å²) in [4.78, 5) is 24.0. The molecular weight excluding hydrogens is 330 g/mol. The molecule has 0 saturated carbocycles. The van der Waals surface area contributed by atoms with Crippen molar-refractivity contribution < 1.29 is 14.7 Å². The second-order valence-corrected chi connectivity index (χ2v) is 7.46. The van der Waals surface area contributed by atoms with Crippen molar-refractivity contribution in [1.29, 1.82) is 0 Å². The minimum absolute atomic E-state index is 0.113. The average Bonchev–Trinajstić information content (AvgIpc) is 3.04. The molecule has 0 bridgehead atoms. The molecule has 0 aliphatic heterocycles. The number of carboxylic acids is 1. The van der Waals surface area contributed by atoms with Gasteiger partial charge in [-0.25, -0.2) is 4.68 Å². The van der Waals surface area contributed by atoms with Crippen molar-refractivity contribution in [2.45, 2.75) is 46.0 Å². The predicted molar refractivity (Wildman–Crippen MR) is 101 cm³/mol. The van der Waals surface area contributed by atoms with Crippen molar-refractivity contribution in [2.75, 3.05) is 6.54 Å². The third-order valence-electron chi connectivity index (χ3n) is 4.19. The number of hydrogen-bond acceptors (Lipinski definition) is 3. The van der Waals surface area contributed by atoms with E-state index in [1.807, 2.05) is 58.0 Å². The van der Waals surface area contributed by atoms with Gasteiger partial charge in [0.05, 0.1) is 22.9 Å². The number of para-hydroxylation sites is 1. The maximum Gasteiger partial charge on any atom is 0.308 e. The fraction of sp³-hybridized carbons (Fsp3) is 0.450. The molecule has 1 atom stereocenters. The lowest BCUT2D eigenvalue weighted by Gasteiger charge is -2.18. The summed E-state index contributed by atoms with van der Waals surface area (Å²) in [5.74, 6) is -1.76. The molecule has 1 aromatic heterocycles. The van der Waals surface area contributed by atoms with Crippen LogP contribution in [0.3, 0.4) is 0 Å². The van der Waals surface area contributed by atoms with Gasteiger partial charge in [-0.2, -0.15) is 5.10 Å². The first kappa shape index (κ1) is 19.7. The van der Waals surface area contributed by atoms with Crippen LogP contribution in [0.2, 0.25) is 0 Å². The molecule has 6 heteroatoms. The summed E-state index contributed by atoms with van der Waals surface area (Å²) in [5, 5.41) is 16.6. The Morgan fingerprint density at radius 2 is 1.88 bits per heavy atom. The van der Waals surface area contributed by atoms with Crippen LogP contribution in [-0.2, 0) is 10.2 Å². The first-order valence-corrected chi connectivity index (χ1v) is 8.90. The molecule has 2 N–H and O–H groups in total. The van der Waals surface area contributed by atoms with Gasteiger partial charge >= 0.3 is 5.97 Å². The largest absolute Gasteiger partial charge is 0.481 e. The van der Waals surface area contributed by atoms with Gasteiger partial charge in [-0.15, -0.1) is 0 Å². The van der Waals surface area contributed by atoms with Gasteiger partial charge in [0, 0.05) is 18.2 Å². The zero-order valence-electron chi connectivity index (χ0n) is 15.8. The van der Waals surface area contributed by atoms with Crippen molar-refractivity contribution in [2.24, 2.45) is 5.92 Å². The highest BCUT2D eigenvalue weighted by Gasteiger charge is 2.27. The average molecular weight is 357 g/mol. The van der Waals surface area contributed by atoms with E-state index in [0.717, 1.165) is 12.1 Å². The highest BCUT2D eigenvalue weighted by molar-refractivity contribution is 5.95. The second kappa shape index (κ2) is 8.17. The van der Waals surface area contributed by atoms with Gasteiger partial charge in [0.1, 0.15) is 0 Å². The van der Waals surface area contributed by atoms with Crippen LogP contribution in [-0.4, -0.2) is 33.3 Å². The number of rotatable bonds is 7. The Kier molecular flexibility index (Phi) is 6.18. The number of benzene rings is 1. The maximum atomic E-state index is 12.7. The monoisotopic (exact) mass is 357 g/mol. The minimum atomic E-state index is -0.886. The Balaban J connectivity index is 2.28. The quantitative estimate of drug-likeness (QED) is 0.795. The highest BCUT2D eigenvalue weighted by Crippen LogP contribution is 2.25. The molecule has 0 saturated heterocycles. The van der Waals surface area contributed by atoms with Crippen molar-refractivity contribution >= 4 is 11.9 Å². The summed E-state index contributed by atoms with van der Waals surface area (Å²) in [6, 6.07) is 9.59. The summed E-state index contributed by atoms with van der Waals surface area (Å²) in [7, 11) is 0. The summed E-state index contributed by atoms with van der Waals surface area (Å²) in [5.41, 5.74) is 1.71. The van der Waals surface area contributed by atoms with Gasteiger partial charge in [-0.1, -0.05) is 52.3 Å². The second-order valence-electron chi connectivity index (χ2n) is 7.46. The Morgan fingerprint density at radius 3 is 2.42 bits per heavy atom. The molecule has 2 aromatic rings. The normalized spacial score (nSPS) is 12.6. The molecule has 140 valence electrons. The van der Waals surface area contributed by atoms with Gasteiger partial charge in [-0.3, -0.25) is 9.59 Å². The zero-order valence-corrected chi connectivity index (χ0v) is 15.8. The topological polar surface area (TPSA) is 84.2 Å². The third kappa shape index (κ3) is 4.71. The molecular formula is C20H27N3O3. The minimum Gasteiger partial charge on any atom is -0.481 e. The van der Waals surface area contributed by atoms with E-state index < -0.39 is 11.9 Å². The fourth-order valence-corrected chi connectivity index (χ4v) is 2.78. The van der Waals surface area contributed by atoms with Crippen LogP contribution in [0.5, 0.6) is 0 Å². The molecule has 0 radical (unpaired) electrons. The van der Waals surface area contributed by atoms with Crippen LogP contribution in [0.15, 0.2) is 36.5 Å². The number of carbonyl (C=O) groups is 2. The van der Waals surface area contributed by atoms with Gasteiger partial charge in [-0.05, 0) is 18.6 Å². The Labute approximate surface area is 154 Å². The third-order valence-corrected chi connectivity index (χ3v) is 4.19. The van der Waals surface area contributed by atoms with Gasteiger partial charge in [0.15, 0.2) is 0 Å². The van der Waals surface area contributed by atoms with E-state index in [4.69, 9.17) is 0 Å². The number of carboxylic acid groups (broad SMARTS) is 1. The number of nitrogens with one attached hydrogen (secondary N) is 1. The van der Waals surface area contributed by atoms with Crippen LogP contribution in [0, 0.1) is 5.92 Å². The van der Waals surface area contributed by atoms with Crippen LogP contribution in [0.1, 0.15) is 56.6 Å². The molecule has 26 heavy (non-hydrogen) atoms. The SMILES string of the molecule is CCCC(CNC(=O)c1cn(-c2ccccc2)nc1C(C)(C)C)C(=O)O. The molecule has 1 amide bonds. The molecule has 1 unspecified atom stereocenters. The van der Waals surface area contributed by atoms with Gasteiger partial charge < -0.3 is 10.4 Å². The number of aliphatic carboxylic acids is 1. The van der Waals surface area contributed by atoms with E-state index in [0.29, 0.717) is 17.7 Å². The smallest absolute Gasteiger partial charge is 0.308 e. The molecule has 0 aliphatic rings. The van der Waals surface area contributed by atoms with E-state index >= 15 is 0 Å². The Morgan fingerprint density at radius 1 is 1.23 bits per heavy atom. The highest BCUT2D eigenvalue weighted by atomic mass is 16.4. The summed E-state index contributed by atoms with van der Waals surface area (Å²) in [6.07, 6.45) is 3.00. The molecule has 1 heterocycles. The Bertz CT molecular complexity index is 760. The number of amides is 1. The lowest BCUT2D eigenvalue weighted by molar-refractivity contribution is -0.141. The van der Waals surface area contributed by atoms with Crippen LogP contribution in [0.4, 0.5) is 0 Å². The lowest BCUT2D eigenvalue weighted by Crippen LogP contribution is -2.34. The number of aromatic nitrogens is 2. The van der Waals surface area contributed by atoms with E-state index in [9.17, 15) is 14.7 Å². The van der Waals surface area contributed by atoms with Gasteiger partial charge in [0.2, 0.25) is 0 Å². The molecule has 0 spiro atoms. The zero-order chi connectivity index (χ0) is 19.3. The van der Waals surface area contributed by atoms with E-state index in [1.165, 1.54) is 0 Å². The van der Waals surface area contributed by atoms with Crippen molar-refractivity contribution in [1.82, 2.24) is 15.1 Å². The molecule has 1 aromatic carbocycles. The van der Waals surface area contributed by atoms with Crippen LogP contribution >= 0.6 is 0 Å². The molecule has 0 aliphatic carbocycles. The van der Waals surface area contributed by atoms with Crippen LogP contribution in [0.25, 0.3) is 5.69 Å². The van der Waals surface area contributed by atoms with E-state index in [2.05, 4.69) is 10.4 Å². The van der Waals surface area contributed by atoms with Crippen molar-refractivity contribution in [3.05, 3.63) is 47.8 Å². The standard InChI is InChI=1S/C20H27N3O3/c1-5-9-14(19(25)26)12-21-18(24)16-13-23(15-10-7-6-8-11-15)22-17(16)20(2,3)4/h6-8,10-11,13-14H,5,9,12H2,1-4H3,(H,21,24)(H,25,26). The Hall–Kier alpha value is -2.63. The lowest BCUT2D eigenvalue weighted by atomic mass is 9.89. The van der Waals surface area contributed by atoms with E-state index in [1.54, 1.807) is 10.9 Å². The first-order chi connectivity index (χ1) is 12.2. The summed E-state index contributed by atoms with van der Waals surface area (Å²) >= 11 is 0. The number of carbonyl (C=O) groups excluding carboxylic acids is 1. The predicted octanol–water partition coefficient (Wildman–Crippen LogP) is 3.40. The van der Waals surface area contributed by atoms with Crippen molar-refractivity contribution in [3.63, 3.8) is 0 Å². The summed E-state index contributed by atoms with van der Waals surface area (Å²) < 4.78 is 1.69. The first-order valence-electron chi connectivity index (χ1n) is 8.90. The molecule has 6 nitrogen and oxygen atoms in total. The van der Waals surface area contributed by atoms with Crippen molar-refractivity contribution in [3.8, 4) is 5.69 Å². The maximum absolute atomic E-state index is 12.7. The molecule has 0 fully saturated rings. The van der Waals surface area contributed by atoms with Crippen LogP contribution < -0.4 is 5.32 Å².